The van der Waals surface area contributed by atoms with E-state index in [2.05, 4.69) is 173 Å². The van der Waals surface area contributed by atoms with Gasteiger partial charge in [-0.25, -0.2) is 0 Å². The molecule has 3 heteroatoms. The highest BCUT2D eigenvalue weighted by atomic mass is 16.5. The van der Waals surface area contributed by atoms with E-state index in [1.165, 1.54) is 38.5 Å². The lowest BCUT2D eigenvalue weighted by Crippen LogP contribution is -2.13. The Balaban J connectivity index is 1.27. The predicted molar refractivity (Wildman–Crippen MR) is 186 cm³/mol. The van der Waals surface area contributed by atoms with Gasteiger partial charge in [-0.3, -0.25) is 0 Å². The second kappa shape index (κ2) is 10.3. The normalized spacial score (nSPS) is 11.7. The van der Waals surface area contributed by atoms with Crippen molar-refractivity contribution in [3.8, 4) is 39.4 Å². The van der Waals surface area contributed by atoms with Gasteiger partial charge in [0.1, 0.15) is 0 Å². The molecular weight excluding hydrogens is 548 g/mol. The number of para-hydroxylation sites is 3. The van der Waals surface area contributed by atoms with Crippen molar-refractivity contribution in [2.45, 2.75) is 0 Å². The van der Waals surface area contributed by atoms with Crippen LogP contribution >= 0.6 is 0 Å². The van der Waals surface area contributed by atoms with Crippen LogP contribution in [0.5, 0.6) is 11.5 Å². The fraction of sp³-hybridized carbons (Fsp3) is 0. The minimum Gasteiger partial charge on any atom is -0.451 e. The van der Waals surface area contributed by atoms with E-state index < -0.39 is 0 Å². The summed E-state index contributed by atoms with van der Waals surface area (Å²) in [6.45, 7) is 0. The lowest BCUT2D eigenvalue weighted by atomic mass is 10.0. The molecular formula is C42H28N2O. The number of anilines is 3. The summed E-state index contributed by atoms with van der Waals surface area (Å²) in [6.07, 6.45) is 0. The molecule has 8 aromatic rings. The Hall–Kier alpha value is -6.06. The molecule has 0 aliphatic carbocycles. The number of ether oxygens (including phenoxy) is 1. The van der Waals surface area contributed by atoms with E-state index in [4.69, 9.17) is 4.74 Å². The van der Waals surface area contributed by atoms with Crippen LogP contribution in [-0.4, -0.2) is 4.57 Å². The second-order valence-electron chi connectivity index (χ2n) is 11.4. The highest BCUT2D eigenvalue weighted by molar-refractivity contribution is 6.14. The maximum atomic E-state index is 6.86. The fourth-order valence-corrected chi connectivity index (χ4v) is 6.68. The summed E-state index contributed by atoms with van der Waals surface area (Å²) < 4.78 is 9.22. The molecule has 0 bridgehead atoms. The topological polar surface area (TPSA) is 17.4 Å². The first-order chi connectivity index (χ1) is 22.3. The number of rotatable bonds is 5. The number of benzene rings is 7. The van der Waals surface area contributed by atoms with Crippen molar-refractivity contribution >= 4 is 38.9 Å². The largest absolute Gasteiger partial charge is 0.451 e. The molecule has 3 nitrogen and oxygen atoms in total. The van der Waals surface area contributed by atoms with Gasteiger partial charge in [-0.15, -0.1) is 0 Å². The predicted octanol–water partition coefficient (Wildman–Crippen LogP) is 11.7. The first-order valence-corrected chi connectivity index (χ1v) is 15.3. The Morgan fingerprint density at radius 2 is 0.956 bits per heavy atom. The molecule has 1 aromatic heterocycles. The summed E-state index contributed by atoms with van der Waals surface area (Å²) in [5.41, 5.74) is 11.2. The molecule has 0 saturated carbocycles. The van der Waals surface area contributed by atoms with Crippen LogP contribution in [0.15, 0.2) is 170 Å². The monoisotopic (exact) mass is 576 g/mol. The third kappa shape index (κ3) is 4.13. The first-order valence-electron chi connectivity index (χ1n) is 15.3. The lowest BCUT2D eigenvalue weighted by Gasteiger charge is -2.30. The van der Waals surface area contributed by atoms with Crippen LogP contribution in [0, 0.1) is 0 Å². The quantitative estimate of drug-likeness (QED) is 0.203. The van der Waals surface area contributed by atoms with Crippen LogP contribution in [0.1, 0.15) is 0 Å². The highest BCUT2D eigenvalue weighted by Crippen LogP contribution is 2.52. The van der Waals surface area contributed by atoms with Crippen LogP contribution in [0.2, 0.25) is 0 Å². The Morgan fingerprint density at radius 1 is 0.422 bits per heavy atom. The number of aromatic nitrogens is 1. The molecule has 0 fully saturated rings. The Kier molecular flexibility index (Phi) is 5.82. The van der Waals surface area contributed by atoms with Crippen LogP contribution < -0.4 is 9.64 Å². The van der Waals surface area contributed by atoms with Crippen molar-refractivity contribution in [3.05, 3.63) is 170 Å². The van der Waals surface area contributed by atoms with Crippen molar-refractivity contribution in [1.82, 2.24) is 4.57 Å². The molecule has 0 unspecified atom stereocenters. The smallest absolute Gasteiger partial charge is 0.176 e. The molecule has 1 aliphatic heterocycles. The summed E-state index contributed by atoms with van der Waals surface area (Å²) in [5.74, 6) is 1.69. The maximum absolute atomic E-state index is 6.86. The van der Waals surface area contributed by atoms with Gasteiger partial charge in [-0.05, 0) is 76.9 Å². The van der Waals surface area contributed by atoms with Gasteiger partial charge in [-0.2, -0.15) is 0 Å². The van der Waals surface area contributed by atoms with Gasteiger partial charge < -0.3 is 14.2 Å². The van der Waals surface area contributed by atoms with Crippen molar-refractivity contribution in [1.29, 1.82) is 0 Å². The molecule has 2 heterocycles. The second-order valence-corrected chi connectivity index (χ2v) is 11.4. The van der Waals surface area contributed by atoms with Crippen molar-refractivity contribution < 1.29 is 4.74 Å². The van der Waals surface area contributed by atoms with E-state index in [0.717, 1.165) is 39.8 Å². The minimum atomic E-state index is 0.846. The van der Waals surface area contributed by atoms with E-state index in [1.54, 1.807) is 0 Å². The Bertz CT molecular complexity index is 2240. The average molecular weight is 577 g/mol. The third-order valence-corrected chi connectivity index (χ3v) is 8.79. The van der Waals surface area contributed by atoms with Crippen LogP contribution in [0.3, 0.4) is 0 Å². The Labute approximate surface area is 261 Å². The zero-order valence-electron chi connectivity index (χ0n) is 24.5. The molecule has 212 valence electrons. The van der Waals surface area contributed by atoms with E-state index in [-0.39, 0.29) is 0 Å². The summed E-state index contributed by atoms with van der Waals surface area (Å²) in [7, 11) is 0. The van der Waals surface area contributed by atoms with Crippen molar-refractivity contribution in [3.63, 3.8) is 0 Å². The van der Waals surface area contributed by atoms with Crippen LogP contribution in [-0.2, 0) is 0 Å². The molecule has 45 heavy (non-hydrogen) atoms. The molecule has 0 spiro atoms. The fourth-order valence-electron chi connectivity index (χ4n) is 6.68. The van der Waals surface area contributed by atoms with Gasteiger partial charge >= 0.3 is 0 Å². The molecule has 7 aromatic carbocycles. The molecule has 0 N–H and O–H groups in total. The van der Waals surface area contributed by atoms with Crippen LogP contribution in [0.25, 0.3) is 49.7 Å². The molecule has 0 atom stereocenters. The standard InChI is InChI=1S/C42H28N2O/c1-3-11-29(12-4-1)31-19-23-33(24-20-31)43(34-25-21-32(22-26-34)30-13-5-2-6-14-30)39-28-27-36-35-15-7-8-16-37(35)44-38-17-9-10-18-40(38)45-42(39)41(36)44/h1-28H. The molecule has 1 aliphatic rings. The SMILES string of the molecule is c1ccc(-c2ccc(N(c3ccc(-c4ccccc4)cc3)c3ccc4c5ccccc5n5c4c3Oc3ccccc3-5)cc2)cc1. The number of nitrogens with zero attached hydrogens (tertiary/aromatic N) is 2. The minimum absolute atomic E-state index is 0.846. The van der Waals surface area contributed by atoms with Gasteiger partial charge in [0, 0.05) is 22.1 Å². The summed E-state index contributed by atoms with van der Waals surface area (Å²) >= 11 is 0. The zero-order chi connectivity index (χ0) is 29.7. The summed E-state index contributed by atoms with van der Waals surface area (Å²) in [4.78, 5) is 2.31. The molecule has 0 saturated heterocycles. The van der Waals surface area contributed by atoms with Gasteiger partial charge in [0.25, 0.3) is 0 Å². The highest BCUT2D eigenvalue weighted by Gasteiger charge is 2.28. The number of hydrogen-bond donors (Lipinski definition) is 0. The van der Waals surface area contributed by atoms with E-state index in [1.807, 2.05) is 6.07 Å². The summed E-state index contributed by atoms with van der Waals surface area (Å²) in [5, 5.41) is 2.39. The van der Waals surface area contributed by atoms with Crippen molar-refractivity contribution in [2.75, 3.05) is 4.90 Å². The van der Waals surface area contributed by atoms with Gasteiger partial charge in [0.15, 0.2) is 11.5 Å². The van der Waals surface area contributed by atoms with Gasteiger partial charge in [0.05, 0.1) is 22.4 Å². The number of fused-ring (bicyclic) bond motifs is 5. The van der Waals surface area contributed by atoms with Gasteiger partial charge in [0.2, 0.25) is 0 Å². The Morgan fingerprint density at radius 3 is 1.60 bits per heavy atom. The molecule has 0 amide bonds. The first kappa shape index (κ1) is 25.4. The average Bonchev–Trinajstić information content (AvgIpc) is 3.46. The zero-order valence-corrected chi connectivity index (χ0v) is 24.5. The van der Waals surface area contributed by atoms with Crippen LogP contribution in [0.4, 0.5) is 17.1 Å². The summed E-state index contributed by atoms with van der Waals surface area (Å²) in [6, 6.07) is 60.0. The molecule has 9 rings (SSSR count). The molecule has 0 radical (unpaired) electrons. The van der Waals surface area contributed by atoms with Crippen molar-refractivity contribution in [2.24, 2.45) is 0 Å². The third-order valence-electron chi connectivity index (χ3n) is 8.79. The number of hydrogen-bond acceptors (Lipinski definition) is 2. The van der Waals surface area contributed by atoms with E-state index in [9.17, 15) is 0 Å². The maximum Gasteiger partial charge on any atom is 0.176 e. The van der Waals surface area contributed by atoms with E-state index >= 15 is 0 Å². The van der Waals surface area contributed by atoms with E-state index in [0.29, 0.717) is 0 Å². The lowest BCUT2D eigenvalue weighted by molar-refractivity contribution is 0.477. The van der Waals surface area contributed by atoms with Gasteiger partial charge in [-0.1, -0.05) is 115 Å².